The van der Waals surface area contributed by atoms with E-state index in [9.17, 15) is 18.4 Å². The number of amides is 2. The lowest BCUT2D eigenvalue weighted by Crippen LogP contribution is -2.35. The molecular formula is C21H21F2N5O2S. The van der Waals surface area contributed by atoms with E-state index < -0.39 is 17.5 Å². The minimum Gasteiger partial charge on any atom is -0.346 e. The van der Waals surface area contributed by atoms with Crippen LogP contribution in [0.25, 0.3) is 10.3 Å². The monoisotopic (exact) mass is 445 g/mol. The number of pyridine rings is 1. The van der Waals surface area contributed by atoms with Crippen LogP contribution in [0.15, 0.2) is 36.5 Å². The van der Waals surface area contributed by atoms with Crippen LogP contribution in [0.2, 0.25) is 0 Å². The van der Waals surface area contributed by atoms with Crippen LogP contribution in [0.5, 0.6) is 0 Å². The molecule has 1 N–H and O–H groups in total. The summed E-state index contributed by atoms with van der Waals surface area (Å²) in [5.74, 6) is -2.04. The van der Waals surface area contributed by atoms with Crippen LogP contribution in [-0.4, -0.2) is 52.9 Å². The molecule has 31 heavy (non-hydrogen) atoms. The van der Waals surface area contributed by atoms with Crippen molar-refractivity contribution in [3.8, 4) is 0 Å². The van der Waals surface area contributed by atoms with Crippen molar-refractivity contribution in [2.24, 2.45) is 0 Å². The van der Waals surface area contributed by atoms with Gasteiger partial charge in [0.25, 0.3) is 0 Å². The van der Waals surface area contributed by atoms with Gasteiger partial charge in [-0.25, -0.2) is 18.7 Å². The van der Waals surface area contributed by atoms with Gasteiger partial charge in [0.2, 0.25) is 11.8 Å². The predicted octanol–water partition coefficient (Wildman–Crippen LogP) is 3.43. The number of carbonyl (C=O) groups is 2. The Morgan fingerprint density at radius 2 is 1.97 bits per heavy atom. The lowest BCUT2D eigenvalue weighted by Gasteiger charge is -2.21. The van der Waals surface area contributed by atoms with Crippen LogP contribution >= 0.6 is 11.3 Å². The quantitative estimate of drug-likeness (QED) is 0.651. The van der Waals surface area contributed by atoms with E-state index in [0.717, 1.165) is 46.6 Å². The number of anilines is 2. The molecule has 0 saturated carbocycles. The normalized spacial score (nSPS) is 14.5. The SMILES string of the molecule is O=C(CCC(=O)N1CCCN(c2nc3cccnc3s2)CC1)Nc1cc(F)ccc1F. The van der Waals surface area contributed by atoms with Crippen LogP contribution in [0.1, 0.15) is 19.3 Å². The highest BCUT2D eigenvalue weighted by molar-refractivity contribution is 7.21. The average Bonchev–Trinajstić information content (AvgIpc) is 3.04. The highest BCUT2D eigenvalue weighted by atomic mass is 32.1. The smallest absolute Gasteiger partial charge is 0.224 e. The molecule has 0 radical (unpaired) electrons. The molecule has 0 aliphatic carbocycles. The zero-order chi connectivity index (χ0) is 21.8. The van der Waals surface area contributed by atoms with Crippen molar-refractivity contribution in [2.75, 3.05) is 36.4 Å². The fourth-order valence-electron chi connectivity index (χ4n) is 3.44. The van der Waals surface area contributed by atoms with Gasteiger partial charge in [0.1, 0.15) is 22.0 Å². The standard InChI is InChI=1S/C21H21F2N5O2S/c22-14-4-5-15(23)17(13-14)25-18(29)6-7-19(30)27-9-2-10-28(12-11-27)21-26-16-3-1-8-24-20(16)31-21/h1,3-5,8,13H,2,6-7,9-12H2,(H,25,29). The van der Waals surface area contributed by atoms with E-state index in [-0.39, 0.29) is 24.4 Å². The number of fused-ring (bicyclic) bond motifs is 1. The third kappa shape index (κ3) is 5.13. The van der Waals surface area contributed by atoms with E-state index in [1.54, 1.807) is 11.1 Å². The van der Waals surface area contributed by atoms with E-state index in [2.05, 4.69) is 20.2 Å². The maximum absolute atomic E-state index is 13.6. The Balaban J connectivity index is 1.29. The highest BCUT2D eigenvalue weighted by Crippen LogP contribution is 2.27. The number of hydrogen-bond acceptors (Lipinski definition) is 6. The maximum atomic E-state index is 13.6. The first-order chi connectivity index (χ1) is 15.0. The van der Waals surface area contributed by atoms with Crippen LogP contribution in [0, 0.1) is 11.6 Å². The van der Waals surface area contributed by atoms with Gasteiger partial charge in [-0.05, 0) is 30.7 Å². The molecule has 7 nitrogen and oxygen atoms in total. The van der Waals surface area contributed by atoms with Gasteiger partial charge in [-0.15, -0.1) is 0 Å². The third-order valence-corrected chi connectivity index (χ3v) is 6.08. The molecule has 3 heterocycles. The summed E-state index contributed by atoms with van der Waals surface area (Å²) in [6.45, 7) is 2.55. The Morgan fingerprint density at radius 3 is 2.81 bits per heavy atom. The molecule has 0 unspecified atom stereocenters. The molecule has 2 amide bonds. The second kappa shape index (κ2) is 9.34. The minimum atomic E-state index is -0.723. The van der Waals surface area contributed by atoms with Gasteiger partial charge < -0.3 is 15.1 Å². The van der Waals surface area contributed by atoms with Crippen molar-refractivity contribution in [3.63, 3.8) is 0 Å². The van der Waals surface area contributed by atoms with E-state index in [1.165, 1.54) is 11.3 Å². The molecule has 1 aromatic carbocycles. The fraction of sp³-hybridized carbons (Fsp3) is 0.333. The maximum Gasteiger partial charge on any atom is 0.224 e. The number of hydrogen-bond donors (Lipinski definition) is 1. The van der Waals surface area contributed by atoms with Crippen molar-refractivity contribution in [2.45, 2.75) is 19.3 Å². The number of carbonyl (C=O) groups excluding carboxylic acids is 2. The van der Waals surface area contributed by atoms with Crippen LogP contribution in [0.4, 0.5) is 19.6 Å². The van der Waals surface area contributed by atoms with E-state index in [1.807, 2.05) is 12.1 Å². The first-order valence-electron chi connectivity index (χ1n) is 9.99. The number of aromatic nitrogens is 2. The first-order valence-corrected chi connectivity index (χ1v) is 10.8. The second-order valence-corrected chi connectivity index (χ2v) is 8.17. The van der Waals surface area contributed by atoms with Gasteiger partial charge >= 0.3 is 0 Å². The predicted molar refractivity (Wildman–Crippen MR) is 115 cm³/mol. The summed E-state index contributed by atoms with van der Waals surface area (Å²) < 4.78 is 26.9. The topological polar surface area (TPSA) is 78.4 Å². The van der Waals surface area contributed by atoms with Gasteiger partial charge in [-0.1, -0.05) is 11.3 Å². The Bertz CT molecular complexity index is 1070. The first kappa shape index (κ1) is 21.1. The van der Waals surface area contributed by atoms with Gasteiger partial charge in [-0.2, -0.15) is 0 Å². The third-order valence-electron chi connectivity index (χ3n) is 5.04. The number of benzene rings is 1. The highest BCUT2D eigenvalue weighted by Gasteiger charge is 2.22. The summed E-state index contributed by atoms with van der Waals surface area (Å²) in [4.78, 5) is 38.4. The van der Waals surface area contributed by atoms with E-state index in [4.69, 9.17) is 0 Å². The summed E-state index contributed by atoms with van der Waals surface area (Å²) in [5, 5.41) is 3.21. The molecule has 1 fully saturated rings. The molecule has 0 atom stereocenters. The number of rotatable bonds is 5. The van der Waals surface area contributed by atoms with Gasteiger partial charge in [0.15, 0.2) is 5.13 Å². The van der Waals surface area contributed by atoms with Crippen molar-refractivity contribution in [1.82, 2.24) is 14.9 Å². The van der Waals surface area contributed by atoms with Crippen molar-refractivity contribution >= 4 is 44.3 Å². The lowest BCUT2D eigenvalue weighted by molar-refractivity contribution is -0.132. The van der Waals surface area contributed by atoms with E-state index >= 15 is 0 Å². The summed E-state index contributed by atoms with van der Waals surface area (Å²) in [7, 11) is 0. The largest absolute Gasteiger partial charge is 0.346 e. The average molecular weight is 445 g/mol. The van der Waals surface area contributed by atoms with Gasteiger partial charge in [0.05, 0.1) is 5.69 Å². The molecule has 1 aliphatic rings. The zero-order valence-electron chi connectivity index (χ0n) is 16.7. The molecule has 162 valence electrons. The molecule has 1 saturated heterocycles. The number of nitrogens with one attached hydrogen (secondary N) is 1. The lowest BCUT2D eigenvalue weighted by atomic mass is 10.2. The van der Waals surface area contributed by atoms with Gasteiger partial charge in [0, 0.05) is 51.3 Å². The van der Waals surface area contributed by atoms with Gasteiger partial charge in [-0.3, -0.25) is 9.59 Å². The van der Waals surface area contributed by atoms with Crippen LogP contribution < -0.4 is 10.2 Å². The summed E-state index contributed by atoms with van der Waals surface area (Å²) >= 11 is 1.53. The molecular weight excluding hydrogens is 424 g/mol. The Morgan fingerprint density at radius 1 is 1.10 bits per heavy atom. The van der Waals surface area contributed by atoms with E-state index in [0.29, 0.717) is 19.6 Å². The van der Waals surface area contributed by atoms with Crippen LogP contribution in [0.3, 0.4) is 0 Å². The molecule has 0 bridgehead atoms. The summed E-state index contributed by atoms with van der Waals surface area (Å²) in [6, 6.07) is 6.61. The second-order valence-electron chi connectivity index (χ2n) is 7.22. The van der Waals surface area contributed by atoms with Crippen LogP contribution in [-0.2, 0) is 9.59 Å². The Hall–Kier alpha value is -3.14. The minimum absolute atomic E-state index is 0.00776. The number of halogens is 2. The fourth-order valence-corrected chi connectivity index (χ4v) is 4.40. The molecule has 3 aromatic rings. The summed E-state index contributed by atoms with van der Waals surface area (Å²) in [5.41, 5.74) is 0.633. The van der Waals surface area contributed by atoms with Crippen molar-refractivity contribution in [1.29, 1.82) is 0 Å². The number of nitrogens with zero attached hydrogens (tertiary/aromatic N) is 4. The van der Waals surface area contributed by atoms with Crippen molar-refractivity contribution < 1.29 is 18.4 Å². The molecule has 4 rings (SSSR count). The Kier molecular flexibility index (Phi) is 6.36. The molecule has 10 heteroatoms. The zero-order valence-corrected chi connectivity index (χ0v) is 17.5. The molecule has 1 aliphatic heterocycles. The molecule has 2 aromatic heterocycles. The van der Waals surface area contributed by atoms with Crippen molar-refractivity contribution in [3.05, 3.63) is 48.2 Å². The molecule has 0 spiro atoms. The number of thiazole rings is 1. The summed E-state index contributed by atoms with van der Waals surface area (Å²) in [6.07, 6.45) is 2.44. The Labute approximate surface area is 181 Å².